The van der Waals surface area contributed by atoms with E-state index in [2.05, 4.69) is 6.92 Å². The van der Waals surface area contributed by atoms with Crippen LogP contribution in [0, 0.1) is 0 Å². The van der Waals surface area contributed by atoms with E-state index in [1.165, 1.54) is 0 Å². The van der Waals surface area contributed by atoms with Gasteiger partial charge in [0, 0.05) is 18.6 Å². The van der Waals surface area contributed by atoms with Crippen molar-refractivity contribution in [1.29, 1.82) is 0 Å². The molecular weight excluding hydrogens is 192 g/mol. The Bertz CT molecular complexity index is 310. The molecule has 1 atom stereocenters. The SMILES string of the molecule is CCc1ccc(OC)c(C(O)CCO)c1. The van der Waals surface area contributed by atoms with Crippen molar-refractivity contribution in [2.24, 2.45) is 0 Å². The zero-order valence-electron chi connectivity index (χ0n) is 9.23. The van der Waals surface area contributed by atoms with Gasteiger partial charge in [0.05, 0.1) is 13.2 Å². The summed E-state index contributed by atoms with van der Waals surface area (Å²) in [6.07, 6.45) is 0.600. The molecule has 0 heterocycles. The number of benzene rings is 1. The number of methoxy groups -OCH3 is 1. The fourth-order valence-corrected chi connectivity index (χ4v) is 1.54. The first-order valence-corrected chi connectivity index (χ1v) is 5.18. The number of aryl methyl sites for hydroxylation is 1. The van der Waals surface area contributed by atoms with E-state index >= 15 is 0 Å². The molecule has 3 nitrogen and oxygen atoms in total. The summed E-state index contributed by atoms with van der Waals surface area (Å²) in [4.78, 5) is 0. The summed E-state index contributed by atoms with van der Waals surface area (Å²) in [5.74, 6) is 0.674. The van der Waals surface area contributed by atoms with Gasteiger partial charge in [0.25, 0.3) is 0 Å². The molecule has 0 aliphatic rings. The minimum Gasteiger partial charge on any atom is -0.496 e. The van der Waals surface area contributed by atoms with E-state index in [9.17, 15) is 5.11 Å². The third-order valence-corrected chi connectivity index (χ3v) is 2.46. The molecule has 0 aliphatic heterocycles. The fourth-order valence-electron chi connectivity index (χ4n) is 1.54. The molecule has 0 fully saturated rings. The van der Waals surface area contributed by atoms with Crippen molar-refractivity contribution in [1.82, 2.24) is 0 Å². The second-order valence-electron chi connectivity index (χ2n) is 3.46. The number of aliphatic hydroxyl groups is 2. The number of ether oxygens (including phenoxy) is 1. The highest BCUT2D eigenvalue weighted by atomic mass is 16.5. The van der Waals surface area contributed by atoms with Gasteiger partial charge >= 0.3 is 0 Å². The smallest absolute Gasteiger partial charge is 0.124 e. The van der Waals surface area contributed by atoms with Gasteiger partial charge in [0.15, 0.2) is 0 Å². The summed E-state index contributed by atoms with van der Waals surface area (Å²) >= 11 is 0. The number of hydrogen-bond acceptors (Lipinski definition) is 3. The number of hydrogen-bond donors (Lipinski definition) is 2. The van der Waals surface area contributed by atoms with E-state index in [0.717, 1.165) is 17.5 Å². The molecule has 0 aliphatic carbocycles. The van der Waals surface area contributed by atoms with Gasteiger partial charge in [0.1, 0.15) is 5.75 Å². The summed E-state index contributed by atoms with van der Waals surface area (Å²) in [6.45, 7) is 2.03. The predicted octanol–water partition coefficient (Wildman–Crippen LogP) is 1.67. The molecule has 0 saturated heterocycles. The van der Waals surface area contributed by atoms with E-state index in [0.29, 0.717) is 12.2 Å². The highest BCUT2D eigenvalue weighted by Crippen LogP contribution is 2.28. The van der Waals surface area contributed by atoms with Crippen molar-refractivity contribution in [3.8, 4) is 5.75 Å². The normalized spacial score (nSPS) is 12.5. The number of rotatable bonds is 5. The molecular formula is C12H18O3. The molecule has 84 valence electrons. The second kappa shape index (κ2) is 5.73. The molecule has 0 aromatic heterocycles. The lowest BCUT2D eigenvalue weighted by atomic mass is 10.0. The van der Waals surface area contributed by atoms with Crippen LogP contribution in [0.3, 0.4) is 0 Å². The fraction of sp³-hybridized carbons (Fsp3) is 0.500. The van der Waals surface area contributed by atoms with Crippen molar-refractivity contribution >= 4 is 0 Å². The monoisotopic (exact) mass is 210 g/mol. The predicted molar refractivity (Wildman–Crippen MR) is 59.0 cm³/mol. The van der Waals surface area contributed by atoms with Crippen molar-refractivity contribution in [2.75, 3.05) is 13.7 Å². The van der Waals surface area contributed by atoms with Crippen LogP contribution in [-0.4, -0.2) is 23.9 Å². The largest absolute Gasteiger partial charge is 0.496 e. The minimum absolute atomic E-state index is 0.0271. The van der Waals surface area contributed by atoms with E-state index in [1.807, 2.05) is 18.2 Å². The maximum Gasteiger partial charge on any atom is 0.124 e. The van der Waals surface area contributed by atoms with Gasteiger partial charge < -0.3 is 14.9 Å². The average molecular weight is 210 g/mol. The van der Waals surface area contributed by atoms with Gasteiger partial charge in [-0.25, -0.2) is 0 Å². The molecule has 1 rings (SSSR count). The Morgan fingerprint density at radius 3 is 2.67 bits per heavy atom. The summed E-state index contributed by atoms with van der Waals surface area (Å²) in [6, 6.07) is 5.77. The topological polar surface area (TPSA) is 49.7 Å². The van der Waals surface area contributed by atoms with Crippen molar-refractivity contribution < 1.29 is 14.9 Å². The van der Waals surface area contributed by atoms with E-state index in [-0.39, 0.29) is 6.61 Å². The molecule has 0 radical (unpaired) electrons. The summed E-state index contributed by atoms with van der Waals surface area (Å²) < 4.78 is 5.17. The standard InChI is InChI=1S/C12H18O3/c1-3-9-4-5-12(15-2)10(8-9)11(14)6-7-13/h4-5,8,11,13-14H,3,6-7H2,1-2H3. The zero-order valence-corrected chi connectivity index (χ0v) is 9.23. The first kappa shape index (κ1) is 12.0. The molecule has 1 aromatic rings. The molecule has 3 heteroatoms. The molecule has 0 saturated carbocycles. The second-order valence-corrected chi connectivity index (χ2v) is 3.46. The van der Waals surface area contributed by atoms with E-state index < -0.39 is 6.10 Å². The molecule has 1 unspecified atom stereocenters. The highest BCUT2D eigenvalue weighted by Gasteiger charge is 2.12. The quantitative estimate of drug-likeness (QED) is 0.777. The lowest BCUT2D eigenvalue weighted by Crippen LogP contribution is -2.03. The van der Waals surface area contributed by atoms with Crippen LogP contribution in [0.25, 0.3) is 0 Å². The Kier molecular flexibility index (Phi) is 4.59. The molecule has 0 spiro atoms. The van der Waals surface area contributed by atoms with Crippen LogP contribution in [0.4, 0.5) is 0 Å². The molecule has 15 heavy (non-hydrogen) atoms. The van der Waals surface area contributed by atoms with Crippen molar-refractivity contribution in [2.45, 2.75) is 25.9 Å². The molecule has 2 N–H and O–H groups in total. The van der Waals surface area contributed by atoms with Crippen LogP contribution in [0.1, 0.15) is 30.6 Å². The highest BCUT2D eigenvalue weighted by molar-refractivity contribution is 5.38. The van der Waals surface area contributed by atoms with Gasteiger partial charge in [-0.1, -0.05) is 13.0 Å². The summed E-state index contributed by atoms with van der Waals surface area (Å²) in [5, 5.41) is 18.6. The van der Waals surface area contributed by atoms with E-state index in [4.69, 9.17) is 9.84 Å². The Morgan fingerprint density at radius 2 is 2.13 bits per heavy atom. The van der Waals surface area contributed by atoms with Crippen LogP contribution in [-0.2, 0) is 6.42 Å². The van der Waals surface area contributed by atoms with Crippen molar-refractivity contribution in [3.63, 3.8) is 0 Å². The number of aliphatic hydroxyl groups excluding tert-OH is 2. The minimum atomic E-state index is -0.656. The van der Waals surface area contributed by atoms with Gasteiger partial charge in [-0.15, -0.1) is 0 Å². The van der Waals surface area contributed by atoms with Gasteiger partial charge in [-0.2, -0.15) is 0 Å². The van der Waals surface area contributed by atoms with Crippen molar-refractivity contribution in [3.05, 3.63) is 29.3 Å². The summed E-state index contributed by atoms with van der Waals surface area (Å²) in [7, 11) is 1.58. The Labute approximate surface area is 90.3 Å². The molecule has 0 bridgehead atoms. The zero-order chi connectivity index (χ0) is 11.3. The van der Waals surface area contributed by atoms with Gasteiger partial charge in [-0.3, -0.25) is 0 Å². The Balaban J connectivity index is 3.00. The maximum atomic E-state index is 9.81. The molecule has 1 aromatic carbocycles. The third-order valence-electron chi connectivity index (χ3n) is 2.46. The first-order valence-electron chi connectivity index (χ1n) is 5.18. The van der Waals surface area contributed by atoms with Crippen LogP contribution in [0.5, 0.6) is 5.75 Å². The van der Waals surface area contributed by atoms with Gasteiger partial charge in [0.2, 0.25) is 0 Å². The van der Waals surface area contributed by atoms with Crippen LogP contribution >= 0.6 is 0 Å². The lowest BCUT2D eigenvalue weighted by molar-refractivity contribution is 0.131. The summed E-state index contributed by atoms with van der Waals surface area (Å²) in [5.41, 5.74) is 1.91. The van der Waals surface area contributed by atoms with Crippen LogP contribution in [0.15, 0.2) is 18.2 Å². The Hall–Kier alpha value is -1.06. The van der Waals surface area contributed by atoms with Gasteiger partial charge in [-0.05, 0) is 24.1 Å². The average Bonchev–Trinajstić information content (AvgIpc) is 2.28. The third kappa shape index (κ3) is 2.94. The van der Waals surface area contributed by atoms with Crippen LogP contribution in [0.2, 0.25) is 0 Å². The van der Waals surface area contributed by atoms with E-state index in [1.54, 1.807) is 7.11 Å². The maximum absolute atomic E-state index is 9.81. The van der Waals surface area contributed by atoms with Crippen LogP contribution < -0.4 is 4.74 Å². The Morgan fingerprint density at radius 1 is 1.40 bits per heavy atom. The first-order chi connectivity index (χ1) is 7.22. The lowest BCUT2D eigenvalue weighted by Gasteiger charge is -2.15. The molecule has 0 amide bonds.